The van der Waals surface area contributed by atoms with Crippen LogP contribution >= 0.6 is 24.0 Å². The molecule has 1 unspecified atom stereocenters. The first-order chi connectivity index (χ1) is 12.5. The summed E-state index contributed by atoms with van der Waals surface area (Å²) in [7, 11) is 3.97. The highest BCUT2D eigenvalue weighted by Crippen LogP contribution is 2.12. The average Bonchev–Trinajstić information content (AvgIpc) is 2.61. The monoisotopic (exact) mass is 491 g/mol. The fourth-order valence-corrected chi connectivity index (χ4v) is 3.38. The van der Waals surface area contributed by atoms with Crippen molar-refractivity contribution in [2.24, 2.45) is 10.9 Å². The lowest BCUT2D eigenvalue weighted by atomic mass is 10.0. The van der Waals surface area contributed by atoms with Gasteiger partial charge in [-0.3, -0.25) is 9.89 Å². The fraction of sp³-hybridized carbons (Fsp3) is 0.650. The lowest BCUT2D eigenvalue weighted by molar-refractivity contribution is 0.0900. The van der Waals surface area contributed by atoms with Crippen LogP contribution < -0.4 is 10.6 Å². The summed E-state index contributed by atoms with van der Waals surface area (Å²) in [6, 6.07) is 7.25. The van der Waals surface area contributed by atoms with Gasteiger partial charge in [0.1, 0.15) is 5.82 Å². The topological polar surface area (TPSA) is 42.9 Å². The summed E-state index contributed by atoms with van der Waals surface area (Å²) in [6.45, 7) is 10.7. The number of hydrogen-bond acceptors (Lipinski definition) is 3. The molecule has 1 heterocycles. The second-order valence-electron chi connectivity index (χ2n) is 7.41. The Morgan fingerprint density at radius 1 is 1.19 bits per heavy atom. The number of guanidine groups is 1. The first-order valence-corrected chi connectivity index (χ1v) is 9.61. The Kier molecular flexibility index (Phi) is 11.2. The molecule has 1 fully saturated rings. The van der Waals surface area contributed by atoms with Gasteiger partial charge < -0.3 is 15.5 Å². The van der Waals surface area contributed by atoms with Gasteiger partial charge in [0, 0.05) is 52.4 Å². The third-order valence-corrected chi connectivity index (χ3v) is 5.07. The normalized spacial score (nSPS) is 17.5. The molecule has 0 radical (unpaired) electrons. The lowest BCUT2D eigenvalue weighted by Crippen LogP contribution is -2.55. The lowest BCUT2D eigenvalue weighted by Gasteiger charge is -2.40. The van der Waals surface area contributed by atoms with Crippen molar-refractivity contribution in [3.63, 3.8) is 0 Å². The highest BCUT2D eigenvalue weighted by atomic mass is 127. The molecule has 1 saturated heterocycles. The van der Waals surface area contributed by atoms with Crippen molar-refractivity contribution in [3.8, 4) is 0 Å². The maximum Gasteiger partial charge on any atom is 0.191 e. The van der Waals surface area contributed by atoms with E-state index in [9.17, 15) is 4.39 Å². The van der Waals surface area contributed by atoms with E-state index in [1.165, 1.54) is 6.07 Å². The molecule has 0 amide bonds. The smallest absolute Gasteiger partial charge is 0.191 e. The molecule has 0 saturated carbocycles. The summed E-state index contributed by atoms with van der Waals surface area (Å²) >= 11 is 0. The number of piperazine rings is 1. The second kappa shape index (κ2) is 12.5. The highest BCUT2D eigenvalue weighted by molar-refractivity contribution is 14.0. The summed E-state index contributed by atoms with van der Waals surface area (Å²) in [5.41, 5.74) is 0.991. The van der Waals surface area contributed by atoms with E-state index in [1.54, 1.807) is 19.2 Å². The van der Waals surface area contributed by atoms with Gasteiger partial charge in [-0.2, -0.15) is 0 Å². The molecule has 1 aromatic rings. The molecule has 0 bridgehead atoms. The maximum absolute atomic E-state index is 13.2. The van der Waals surface area contributed by atoms with E-state index < -0.39 is 0 Å². The van der Waals surface area contributed by atoms with Crippen molar-refractivity contribution in [1.82, 2.24) is 20.4 Å². The predicted molar refractivity (Wildman–Crippen MR) is 123 cm³/mol. The maximum atomic E-state index is 13.2. The molecular weight excluding hydrogens is 456 g/mol. The molecule has 2 N–H and O–H groups in total. The van der Waals surface area contributed by atoms with Gasteiger partial charge in [0.2, 0.25) is 0 Å². The molecule has 0 aliphatic carbocycles. The van der Waals surface area contributed by atoms with Crippen LogP contribution in [0.25, 0.3) is 0 Å². The number of likely N-dealkylation sites (N-methyl/N-ethyl adjacent to an activating group) is 1. The van der Waals surface area contributed by atoms with E-state index in [-0.39, 0.29) is 29.8 Å². The van der Waals surface area contributed by atoms with Gasteiger partial charge in [0.15, 0.2) is 5.96 Å². The third-order valence-electron chi connectivity index (χ3n) is 5.07. The molecule has 5 nitrogen and oxygen atoms in total. The van der Waals surface area contributed by atoms with Crippen molar-refractivity contribution in [1.29, 1.82) is 0 Å². The Morgan fingerprint density at radius 2 is 1.89 bits per heavy atom. The SMILES string of the molecule is CN=C(NCCc1cccc(F)c1)NCC(C(C)C)N1CCN(C)CC1.I. The minimum atomic E-state index is -0.183. The number of aliphatic imine (C=N–C) groups is 1. The minimum absolute atomic E-state index is 0. The van der Waals surface area contributed by atoms with Crippen LogP contribution in [0.2, 0.25) is 0 Å². The summed E-state index contributed by atoms with van der Waals surface area (Å²) in [5, 5.41) is 6.80. The number of hydrogen-bond donors (Lipinski definition) is 2. The van der Waals surface area contributed by atoms with Crippen LogP contribution in [0.5, 0.6) is 0 Å². The molecule has 1 aromatic carbocycles. The molecule has 0 spiro atoms. The molecular formula is C20H35FIN5. The van der Waals surface area contributed by atoms with Crippen LogP contribution in [0.15, 0.2) is 29.3 Å². The van der Waals surface area contributed by atoms with Crippen molar-refractivity contribution in [2.45, 2.75) is 26.3 Å². The first kappa shape index (κ1) is 24.1. The predicted octanol–water partition coefficient (Wildman–Crippen LogP) is 2.42. The van der Waals surface area contributed by atoms with Crippen molar-refractivity contribution < 1.29 is 4.39 Å². The molecule has 154 valence electrons. The second-order valence-corrected chi connectivity index (χ2v) is 7.41. The van der Waals surface area contributed by atoms with Crippen molar-refractivity contribution in [2.75, 3.05) is 53.4 Å². The number of rotatable bonds is 7. The zero-order valence-corrected chi connectivity index (χ0v) is 19.4. The van der Waals surface area contributed by atoms with Crippen LogP contribution in [0.1, 0.15) is 19.4 Å². The number of halogens is 2. The van der Waals surface area contributed by atoms with E-state index in [4.69, 9.17) is 0 Å². The highest BCUT2D eigenvalue weighted by Gasteiger charge is 2.24. The Morgan fingerprint density at radius 3 is 2.48 bits per heavy atom. The molecule has 1 atom stereocenters. The van der Waals surface area contributed by atoms with Gasteiger partial charge in [-0.25, -0.2) is 4.39 Å². The minimum Gasteiger partial charge on any atom is -0.356 e. The zero-order chi connectivity index (χ0) is 18.9. The zero-order valence-electron chi connectivity index (χ0n) is 17.0. The first-order valence-electron chi connectivity index (χ1n) is 9.61. The quantitative estimate of drug-likeness (QED) is 0.350. The summed E-state index contributed by atoms with van der Waals surface area (Å²) in [5.74, 6) is 1.20. The molecule has 7 heteroatoms. The van der Waals surface area contributed by atoms with E-state index >= 15 is 0 Å². The van der Waals surface area contributed by atoms with Gasteiger partial charge in [-0.15, -0.1) is 24.0 Å². The van der Waals surface area contributed by atoms with Crippen molar-refractivity contribution >= 4 is 29.9 Å². The van der Waals surface area contributed by atoms with Crippen LogP contribution in [-0.4, -0.2) is 75.2 Å². The summed E-state index contributed by atoms with van der Waals surface area (Å²) in [4.78, 5) is 9.28. The number of nitrogens with one attached hydrogen (secondary N) is 2. The third kappa shape index (κ3) is 8.31. The molecule has 1 aliphatic heterocycles. The van der Waals surface area contributed by atoms with Crippen LogP contribution in [0.3, 0.4) is 0 Å². The fourth-order valence-electron chi connectivity index (χ4n) is 3.38. The van der Waals surface area contributed by atoms with Crippen LogP contribution in [-0.2, 0) is 6.42 Å². The summed E-state index contributed by atoms with van der Waals surface area (Å²) < 4.78 is 13.2. The Balaban J connectivity index is 0.00000364. The van der Waals surface area contributed by atoms with Gasteiger partial charge in [0.05, 0.1) is 0 Å². The number of benzene rings is 1. The van der Waals surface area contributed by atoms with E-state index in [2.05, 4.69) is 46.3 Å². The van der Waals surface area contributed by atoms with Gasteiger partial charge in [-0.1, -0.05) is 26.0 Å². The van der Waals surface area contributed by atoms with Gasteiger partial charge in [-0.05, 0) is 37.1 Å². The molecule has 0 aromatic heterocycles. The molecule has 1 aliphatic rings. The average molecular weight is 491 g/mol. The standard InChI is InChI=1S/C20H34FN5.HI/c1-16(2)19(26-12-10-25(4)11-13-26)15-24-20(22-3)23-9-8-17-6-5-7-18(21)14-17;/h5-7,14,16,19H,8-13,15H2,1-4H3,(H2,22,23,24);1H. The van der Waals surface area contributed by atoms with Crippen LogP contribution in [0, 0.1) is 11.7 Å². The summed E-state index contributed by atoms with van der Waals surface area (Å²) in [6.07, 6.45) is 0.768. The Hall–Kier alpha value is -0.930. The number of nitrogens with zero attached hydrogens (tertiary/aromatic N) is 3. The van der Waals surface area contributed by atoms with E-state index in [0.29, 0.717) is 12.0 Å². The Labute approximate surface area is 180 Å². The largest absolute Gasteiger partial charge is 0.356 e. The molecule has 27 heavy (non-hydrogen) atoms. The Bertz CT molecular complexity index is 573. The molecule has 2 rings (SSSR count). The van der Waals surface area contributed by atoms with E-state index in [1.807, 2.05) is 6.07 Å². The van der Waals surface area contributed by atoms with Crippen molar-refractivity contribution in [3.05, 3.63) is 35.6 Å². The van der Waals surface area contributed by atoms with E-state index in [0.717, 1.165) is 57.2 Å². The van der Waals surface area contributed by atoms with Crippen LogP contribution in [0.4, 0.5) is 4.39 Å². The van der Waals surface area contributed by atoms with Gasteiger partial charge >= 0.3 is 0 Å². The van der Waals surface area contributed by atoms with Gasteiger partial charge in [0.25, 0.3) is 0 Å².